The topological polar surface area (TPSA) is 26.0 Å². The summed E-state index contributed by atoms with van der Waals surface area (Å²) in [4.78, 5) is 0. The average molecular weight is 340 g/mol. The van der Waals surface area contributed by atoms with Crippen LogP contribution in [0.25, 0.3) is 10.8 Å². The Morgan fingerprint density at radius 3 is 2.19 bits per heavy atom. The molecule has 0 radical (unpaired) electrons. The predicted octanol–water partition coefficient (Wildman–Crippen LogP) is 5.21. The fourth-order valence-corrected chi connectivity index (χ4v) is 2.96. The summed E-state index contributed by atoms with van der Waals surface area (Å²) in [5, 5.41) is 2.44. The molecule has 3 aromatic rings. The van der Waals surface area contributed by atoms with Gasteiger partial charge in [-0.15, -0.1) is 0 Å². The first-order chi connectivity index (χ1) is 10.2. The minimum absolute atomic E-state index is 0.0797. The lowest BCUT2D eigenvalue weighted by molar-refractivity contribution is 0.871. The standard InChI is InChI=1S/C19H18BrN/c1-2-13-3-5-14(6-4-13)19(21)17-8-7-16-12-18(20)10-9-15(16)11-17/h3-12,19H,2,21H2,1H3. The van der Waals surface area contributed by atoms with E-state index in [0.29, 0.717) is 0 Å². The van der Waals surface area contributed by atoms with E-state index in [1.807, 2.05) is 0 Å². The largest absolute Gasteiger partial charge is 0.320 e. The number of hydrogen-bond acceptors (Lipinski definition) is 1. The van der Waals surface area contributed by atoms with Crippen molar-refractivity contribution >= 4 is 26.7 Å². The molecular formula is C19H18BrN. The van der Waals surface area contributed by atoms with Crippen LogP contribution in [0.2, 0.25) is 0 Å². The first-order valence-corrected chi connectivity index (χ1v) is 8.00. The van der Waals surface area contributed by atoms with Gasteiger partial charge in [0.25, 0.3) is 0 Å². The van der Waals surface area contributed by atoms with Crippen molar-refractivity contribution < 1.29 is 0 Å². The maximum atomic E-state index is 6.42. The number of hydrogen-bond donors (Lipinski definition) is 1. The van der Waals surface area contributed by atoms with Crippen LogP contribution in [0.15, 0.2) is 65.1 Å². The summed E-state index contributed by atoms with van der Waals surface area (Å²) in [5.41, 5.74) is 10.1. The molecule has 3 aromatic carbocycles. The number of aryl methyl sites for hydroxylation is 1. The lowest BCUT2D eigenvalue weighted by atomic mass is 9.96. The number of rotatable bonds is 3. The summed E-state index contributed by atoms with van der Waals surface area (Å²) in [6, 6.07) is 21.3. The molecule has 21 heavy (non-hydrogen) atoms. The summed E-state index contributed by atoms with van der Waals surface area (Å²) < 4.78 is 1.10. The molecule has 0 heterocycles. The van der Waals surface area contributed by atoms with Gasteiger partial charge in [-0.3, -0.25) is 0 Å². The van der Waals surface area contributed by atoms with Crippen molar-refractivity contribution in [3.8, 4) is 0 Å². The third kappa shape index (κ3) is 3.02. The van der Waals surface area contributed by atoms with E-state index in [2.05, 4.69) is 83.5 Å². The fourth-order valence-electron chi connectivity index (χ4n) is 2.58. The van der Waals surface area contributed by atoms with Crippen molar-refractivity contribution in [3.63, 3.8) is 0 Å². The zero-order valence-corrected chi connectivity index (χ0v) is 13.6. The zero-order chi connectivity index (χ0) is 14.8. The number of benzene rings is 3. The summed E-state index contributed by atoms with van der Waals surface area (Å²) >= 11 is 3.51. The van der Waals surface area contributed by atoms with Crippen LogP contribution in [0.1, 0.15) is 29.7 Å². The van der Waals surface area contributed by atoms with Crippen molar-refractivity contribution in [3.05, 3.63) is 81.8 Å². The summed E-state index contributed by atoms with van der Waals surface area (Å²) in [6.45, 7) is 2.16. The van der Waals surface area contributed by atoms with E-state index in [0.717, 1.165) is 22.0 Å². The first-order valence-electron chi connectivity index (χ1n) is 7.21. The smallest absolute Gasteiger partial charge is 0.0551 e. The lowest BCUT2D eigenvalue weighted by Gasteiger charge is -2.14. The molecule has 0 aliphatic heterocycles. The van der Waals surface area contributed by atoms with E-state index in [1.54, 1.807) is 0 Å². The average Bonchev–Trinajstić information content (AvgIpc) is 2.53. The number of halogens is 1. The highest BCUT2D eigenvalue weighted by Gasteiger charge is 2.09. The second-order valence-corrected chi connectivity index (χ2v) is 6.24. The van der Waals surface area contributed by atoms with Gasteiger partial charge in [0.1, 0.15) is 0 Å². The summed E-state index contributed by atoms with van der Waals surface area (Å²) in [6.07, 6.45) is 1.06. The number of fused-ring (bicyclic) bond motifs is 1. The molecule has 2 N–H and O–H groups in total. The van der Waals surface area contributed by atoms with Gasteiger partial charge < -0.3 is 5.73 Å². The van der Waals surface area contributed by atoms with Crippen molar-refractivity contribution in [1.29, 1.82) is 0 Å². The Bertz CT molecular complexity index is 762. The van der Waals surface area contributed by atoms with Crippen molar-refractivity contribution in [2.75, 3.05) is 0 Å². The molecular weight excluding hydrogens is 322 g/mol. The maximum Gasteiger partial charge on any atom is 0.0551 e. The molecule has 0 aliphatic carbocycles. The molecule has 0 saturated heterocycles. The van der Waals surface area contributed by atoms with E-state index < -0.39 is 0 Å². The maximum absolute atomic E-state index is 6.42. The van der Waals surface area contributed by atoms with Crippen LogP contribution in [0.4, 0.5) is 0 Å². The van der Waals surface area contributed by atoms with Crippen molar-refractivity contribution in [2.24, 2.45) is 5.73 Å². The Kier molecular flexibility index (Phi) is 4.09. The molecule has 0 spiro atoms. The zero-order valence-electron chi connectivity index (χ0n) is 12.0. The first kappa shape index (κ1) is 14.3. The molecule has 0 aliphatic rings. The SMILES string of the molecule is CCc1ccc(C(N)c2ccc3cc(Br)ccc3c2)cc1. The van der Waals surface area contributed by atoms with Crippen LogP contribution in [-0.4, -0.2) is 0 Å². The highest BCUT2D eigenvalue weighted by atomic mass is 79.9. The van der Waals surface area contributed by atoms with Crippen LogP contribution in [-0.2, 0) is 6.42 Å². The second kappa shape index (κ2) is 6.00. The Morgan fingerprint density at radius 2 is 1.48 bits per heavy atom. The van der Waals surface area contributed by atoms with Gasteiger partial charge >= 0.3 is 0 Å². The summed E-state index contributed by atoms with van der Waals surface area (Å²) in [5.74, 6) is 0. The van der Waals surface area contributed by atoms with Gasteiger partial charge in [0.15, 0.2) is 0 Å². The monoisotopic (exact) mass is 339 g/mol. The van der Waals surface area contributed by atoms with Crippen molar-refractivity contribution in [1.82, 2.24) is 0 Å². The summed E-state index contributed by atoms with van der Waals surface area (Å²) in [7, 11) is 0. The molecule has 1 atom stereocenters. The Hall–Kier alpha value is -1.64. The van der Waals surface area contributed by atoms with Gasteiger partial charge in [-0.05, 0) is 52.1 Å². The quantitative estimate of drug-likeness (QED) is 0.696. The molecule has 0 saturated carbocycles. The minimum Gasteiger partial charge on any atom is -0.320 e. The van der Waals surface area contributed by atoms with E-state index >= 15 is 0 Å². The third-order valence-corrected chi connectivity index (χ3v) is 4.43. The highest BCUT2D eigenvalue weighted by molar-refractivity contribution is 9.10. The normalized spacial score (nSPS) is 12.5. The third-order valence-electron chi connectivity index (χ3n) is 3.93. The van der Waals surface area contributed by atoms with Crippen LogP contribution in [0.5, 0.6) is 0 Å². The number of nitrogens with two attached hydrogens (primary N) is 1. The Labute approximate surface area is 133 Å². The van der Waals surface area contributed by atoms with Crippen molar-refractivity contribution in [2.45, 2.75) is 19.4 Å². The van der Waals surface area contributed by atoms with Gasteiger partial charge in [0, 0.05) is 4.47 Å². The Balaban J connectivity index is 1.96. The highest BCUT2D eigenvalue weighted by Crippen LogP contribution is 2.26. The van der Waals surface area contributed by atoms with E-state index in [4.69, 9.17) is 5.73 Å². The molecule has 0 aromatic heterocycles. The van der Waals surface area contributed by atoms with Gasteiger partial charge in [-0.1, -0.05) is 65.3 Å². The minimum atomic E-state index is -0.0797. The van der Waals surface area contributed by atoms with Crippen LogP contribution >= 0.6 is 15.9 Å². The van der Waals surface area contributed by atoms with Crippen LogP contribution < -0.4 is 5.73 Å². The molecule has 0 amide bonds. The molecule has 1 unspecified atom stereocenters. The predicted molar refractivity (Wildman–Crippen MR) is 93.5 cm³/mol. The van der Waals surface area contributed by atoms with Gasteiger partial charge in [-0.2, -0.15) is 0 Å². The molecule has 1 nitrogen and oxygen atoms in total. The van der Waals surface area contributed by atoms with Gasteiger partial charge in [-0.25, -0.2) is 0 Å². The lowest BCUT2D eigenvalue weighted by Crippen LogP contribution is -2.11. The van der Waals surface area contributed by atoms with Crippen LogP contribution in [0.3, 0.4) is 0 Å². The fraction of sp³-hybridized carbons (Fsp3) is 0.158. The van der Waals surface area contributed by atoms with E-state index in [9.17, 15) is 0 Å². The van der Waals surface area contributed by atoms with Gasteiger partial charge in [0.2, 0.25) is 0 Å². The van der Waals surface area contributed by atoms with E-state index in [1.165, 1.54) is 16.3 Å². The Morgan fingerprint density at radius 1 is 0.857 bits per heavy atom. The molecule has 0 bridgehead atoms. The molecule has 106 valence electrons. The molecule has 3 rings (SSSR count). The molecule has 2 heteroatoms. The van der Waals surface area contributed by atoms with E-state index in [-0.39, 0.29) is 6.04 Å². The second-order valence-electron chi connectivity index (χ2n) is 5.32. The van der Waals surface area contributed by atoms with Crippen LogP contribution in [0, 0.1) is 0 Å². The van der Waals surface area contributed by atoms with Gasteiger partial charge in [0.05, 0.1) is 6.04 Å². The molecule has 0 fully saturated rings.